The Morgan fingerprint density at radius 1 is 0.875 bits per heavy atom. The van der Waals surface area contributed by atoms with Crippen LogP contribution < -0.4 is 9.62 Å². The maximum atomic E-state index is 13.5. The first-order valence-corrected chi connectivity index (χ1v) is 12.0. The molecular weight excluding hydrogens is 420 g/mol. The second-order valence-corrected chi connectivity index (χ2v) is 10.2. The highest BCUT2D eigenvalue weighted by molar-refractivity contribution is 7.92. The lowest BCUT2D eigenvalue weighted by Crippen LogP contribution is -2.41. The first kappa shape index (κ1) is 23.5. The first-order valence-electron chi connectivity index (χ1n) is 10.6. The fourth-order valence-electron chi connectivity index (χ4n) is 3.94. The van der Waals surface area contributed by atoms with Crippen molar-refractivity contribution in [3.63, 3.8) is 0 Å². The summed E-state index contributed by atoms with van der Waals surface area (Å²) >= 11 is 0. The van der Waals surface area contributed by atoms with Gasteiger partial charge in [0.05, 0.1) is 16.6 Å². The summed E-state index contributed by atoms with van der Waals surface area (Å²) in [6, 6.07) is 19.6. The lowest BCUT2D eigenvalue weighted by molar-refractivity contribution is -0.120. The van der Waals surface area contributed by atoms with Gasteiger partial charge in [-0.3, -0.25) is 9.10 Å². The normalized spacial score (nSPS) is 12.3. The summed E-state index contributed by atoms with van der Waals surface area (Å²) in [7, 11) is -3.92. The molecule has 0 heterocycles. The molecule has 3 aromatic carbocycles. The average molecular weight is 451 g/mol. The third-order valence-electron chi connectivity index (χ3n) is 5.38. The number of hydrogen-bond acceptors (Lipinski definition) is 3. The number of nitrogens with zero attached hydrogens (tertiary/aromatic N) is 1. The predicted molar refractivity (Wildman–Crippen MR) is 129 cm³/mol. The van der Waals surface area contributed by atoms with Crippen molar-refractivity contribution in [2.45, 2.75) is 45.6 Å². The summed E-state index contributed by atoms with van der Waals surface area (Å²) < 4.78 is 28.2. The zero-order valence-electron chi connectivity index (χ0n) is 19.2. The minimum atomic E-state index is -3.92. The van der Waals surface area contributed by atoms with E-state index in [1.54, 1.807) is 42.5 Å². The predicted octanol–water partition coefficient (Wildman–Crippen LogP) is 4.99. The summed E-state index contributed by atoms with van der Waals surface area (Å²) in [6.07, 6.45) is 0. The Balaban J connectivity index is 1.92. The van der Waals surface area contributed by atoms with Crippen molar-refractivity contribution in [2.24, 2.45) is 0 Å². The van der Waals surface area contributed by atoms with Crippen LogP contribution in [0.2, 0.25) is 0 Å². The lowest BCUT2D eigenvalue weighted by atomic mass is 10.0. The fraction of sp³-hybridized carbons (Fsp3) is 0.269. The smallest absolute Gasteiger partial charge is 0.264 e. The Bertz CT molecular complexity index is 1200. The van der Waals surface area contributed by atoms with Gasteiger partial charge in [-0.25, -0.2) is 8.42 Å². The first-order chi connectivity index (χ1) is 15.1. The summed E-state index contributed by atoms with van der Waals surface area (Å²) in [6.45, 7) is 9.44. The molecular formula is C26H30N2O3S. The van der Waals surface area contributed by atoms with E-state index in [-0.39, 0.29) is 23.4 Å². The van der Waals surface area contributed by atoms with Crippen LogP contribution in [0.15, 0.2) is 71.6 Å². The number of hydrogen-bond donors (Lipinski definition) is 1. The van der Waals surface area contributed by atoms with Crippen molar-refractivity contribution >= 4 is 21.6 Å². The highest BCUT2D eigenvalue weighted by Gasteiger charge is 2.28. The summed E-state index contributed by atoms with van der Waals surface area (Å²) in [4.78, 5) is 13.2. The van der Waals surface area contributed by atoms with Crippen LogP contribution in [0.25, 0.3) is 0 Å². The molecule has 6 heteroatoms. The molecule has 0 aliphatic heterocycles. The van der Waals surface area contributed by atoms with E-state index >= 15 is 0 Å². The Labute approximate surface area is 191 Å². The number of benzene rings is 3. The Morgan fingerprint density at radius 3 is 2.09 bits per heavy atom. The molecule has 0 spiro atoms. The SMILES string of the molecule is Cc1cc(C)cc(N(CC(=O)N[C@H](C)c2ccc(C)cc2C)S(=O)(=O)c2ccccc2)c1. The number of anilines is 1. The number of rotatable bonds is 7. The maximum absolute atomic E-state index is 13.5. The molecule has 0 aromatic heterocycles. The van der Waals surface area contributed by atoms with Crippen LogP contribution in [-0.2, 0) is 14.8 Å². The van der Waals surface area contributed by atoms with E-state index in [0.29, 0.717) is 5.69 Å². The van der Waals surface area contributed by atoms with Gasteiger partial charge in [0.1, 0.15) is 6.54 Å². The zero-order chi connectivity index (χ0) is 23.5. The van der Waals surface area contributed by atoms with Gasteiger partial charge in [-0.2, -0.15) is 0 Å². The topological polar surface area (TPSA) is 66.5 Å². The van der Waals surface area contributed by atoms with E-state index in [4.69, 9.17) is 0 Å². The molecule has 0 bridgehead atoms. The van der Waals surface area contributed by atoms with E-state index in [1.807, 2.05) is 52.8 Å². The second kappa shape index (κ2) is 9.57. The average Bonchev–Trinajstić information content (AvgIpc) is 2.71. The molecule has 0 fully saturated rings. The van der Waals surface area contributed by atoms with Gasteiger partial charge in [-0.15, -0.1) is 0 Å². The van der Waals surface area contributed by atoms with E-state index in [9.17, 15) is 13.2 Å². The molecule has 1 amide bonds. The van der Waals surface area contributed by atoms with E-state index in [0.717, 1.165) is 27.8 Å². The Morgan fingerprint density at radius 2 is 1.50 bits per heavy atom. The molecule has 1 atom stereocenters. The van der Waals surface area contributed by atoms with Gasteiger partial charge >= 0.3 is 0 Å². The second-order valence-electron chi connectivity index (χ2n) is 8.32. The third kappa shape index (κ3) is 5.37. The molecule has 0 saturated heterocycles. The van der Waals surface area contributed by atoms with Gasteiger partial charge in [-0.1, -0.05) is 48.0 Å². The number of carbonyl (C=O) groups is 1. The standard InChI is InChI=1S/C26H30N2O3S/c1-18-11-12-25(21(4)14-18)22(5)27-26(29)17-28(23-15-19(2)13-20(3)16-23)32(30,31)24-9-7-6-8-10-24/h6-16,22H,17H2,1-5H3,(H,27,29)/t22-/m1/s1. The largest absolute Gasteiger partial charge is 0.348 e. The van der Waals surface area contributed by atoms with Crippen LogP contribution in [0.3, 0.4) is 0 Å². The van der Waals surface area contributed by atoms with Crippen LogP contribution in [0.1, 0.15) is 40.8 Å². The van der Waals surface area contributed by atoms with E-state index < -0.39 is 10.0 Å². The summed E-state index contributed by atoms with van der Waals surface area (Å²) in [5.74, 6) is -0.365. The van der Waals surface area contributed by atoms with Gasteiger partial charge in [0.25, 0.3) is 10.0 Å². The van der Waals surface area contributed by atoms with Crippen LogP contribution in [0.4, 0.5) is 5.69 Å². The van der Waals surface area contributed by atoms with Gasteiger partial charge in [0, 0.05) is 0 Å². The quantitative estimate of drug-likeness (QED) is 0.551. The molecule has 0 unspecified atom stereocenters. The molecule has 3 aromatic rings. The number of carbonyl (C=O) groups excluding carboxylic acids is 1. The van der Waals surface area contributed by atoms with E-state index in [1.165, 1.54) is 4.31 Å². The highest BCUT2D eigenvalue weighted by atomic mass is 32.2. The summed E-state index contributed by atoms with van der Waals surface area (Å²) in [5, 5.41) is 2.96. The molecule has 1 N–H and O–H groups in total. The van der Waals surface area contributed by atoms with Gasteiger partial charge < -0.3 is 5.32 Å². The minimum absolute atomic E-state index is 0.148. The van der Waals surface area contributed by atoms with E-state index in [2.05, 4.69) is 11.4 Å². The third-order valence-corrected chi connectivity index (χ3v) is 7.17. The van der Waals surface area contributed by atoms with Crippen LogP contribution in [-0.4, -0.2) is 20.9 Å². The molecule has 32 heavy (non-hydrogen) atoms. The molecule has 0 radical (unpaired) electrons. The number of nitrogens with one attached hydrogen (secondary N) is 1. The number of aryl methyl sites for hydroxylation is 4. The number of amides is 1. The van der Waals surface area contributed by atoms with Crippen molar-refractivity contribution < 1.29 is 13.2 Å². The van der Waals surface area contributed by atoms with Gasteiger partial charge in [0.2, 0.25) is 5.91 Å². The highest BCUT2D eigenvalue weighted by Crippen LogP contribution is 2.26. The van der Waals surface area contributed by atoms with Crippen molar-refractivity contribution in [3.8, 4) is 0 Å². The molecule has 3 rings (SSSR count). The van der Waals surface area contributed by atoms with Gasteiger partial charge in [0.15, 0.2) is 0 Å². The van der Waals surface area contributed by atoms with Crippen LogP contribution in [0, 0.1) is 27.7 Å². The van der Waals surface area contributed by atoms with Crippen LogP contribution in [0.5, 0.6) is 0 Å². The fourth-order valence-corrected chi connectivity index (χ4v) is 5.36. The van der Waals surface area contributed by atoms with Gasteiger partial charge in [-0.05, 0) is 81.1 Å². The monoisotopic (exact) mass is 450 g/mol. The zero-order valence-corrected chi connectivity index (χ0v) is 20.0. The molecule has 0 aliphatic rings. The molecule has 5 nitrogen and oxygen atoms in total. The molecule has 0 saturated carbocycles. The van der Waals surface area contributed by atoms with Crippen molar-refractivity contribution in [3.05, 3.63) is 94.5 Å². The molecule has 0 aliphatic carbocycles. The maximum Gasteiger partial charge on any atom is 0.264 e. The van der Waals surface area contributed by atoms with Crippen LogP contribution >= 0.6 is 0 Å². The number of sulfonamides is 1. The minimum Gasteiger partial charge on any atom is -0.348 e. The lowest BCUT2D eigenvalue weighted by Gasteiger charge is -2.26. The summed E-state index contributed by atoms with van der Waals surface area (Å²) in [5.41, 5.74) is 5.57. The van der Waals surface area contributed by atoms with Crippen molar-refractivity contribution in [1.29, 1.82) is 0 Å². The molecule has 168 valence electrons. The van der Waals surface area contributed by atoms with Crippen molar-refractivity contribution in [1.82, 2.24) is 5.32 Å². The Hall–Kier alpha value is -3.12. The van der Waals surface area contributed by atoms with Crippen molar-refractivity contribution in [2.75, 3.05) is 10.8 Å². The Kier molecular flexibility index (Phi) is 7.04.